The molecule has 2 aromatic rings. The summed E-state index contributed by atoms with van der Waals surface area (Å²) >= 11 is 0. The van der Waals surface area contributed by atoms with Gasteiger partial charge in [-0.1, -0.05) is 73.3 Å². The molecule has 0 aliphatic carbocycles. The molecule has 0 heterocycles. The van der Waals surface area contributed by atoms with E-state index in [1.807, 2.05) is 54.6 Å². The van der Waals surface area contributed by atoms with Crippen LogP contribution in [0.5, 0.6) is 0 Å². The van der Waals surface area contributed by atoms with Crippen LogP contribution in [0.2, 0.25) is 0 Å². The van der Waals surface area contributed by atoms with E-state index in [9.17, 15) is 4.57 Å². The van der Waals surface area contributed by atoms with Crippen LogP contribution in [0.3, 0.4) is 0 Å². The van der Waals surface area contributed by atoms with E-state index in [0.717, 1.165) is 16.7 Å². The van der Waals surface area contributed by atoms with E-state index in [1.54, 1.807) is 12.2 Å². The largest absolute Gasteiger partial charge is 0.351 e. The molecule has 26 heavy (non-hydrogen) atoms. The second-order valence-electron chi connectivity index (χ2n) is 5.82. The molecular weight excluding hydrogens is 345 g/mol. The molecule has 0 fully saturated rings. The summed E-state index contributed by atoms with van der Waals surface area (Å²) in [6.07, 6.45) is 3.55. The number of nitrogens with zero attached hydrogens (tertiary/aromatic N) is 1. The Bertz CT molecular complexity index is 768. The SMILES string of the molecule is C=CCN(Cc1ccccc1)C(c1ccccc1C=C)P(=O)(OC)OC. The quantitative estimate of drug-likeness (QED) is 0.408. The Morgan fingerprint density at radius 2 is 1.65 bits per heavy atom. The van der Waals surface area contributed by atoms with E-state index in [-0.39, 0.29) is 0 Å². The molecule has 5 heteroatoms. The van der Waals surface area contributed by atoms with Crippen molar-refractivity contribution in [2.45, 2.75) is 12.3 Å². The molecule has 0 aliphatic rings. The predicted octanol–water partition coefficient (Wildman–Crippen LogP) is 5.50. The summed E-state index contributed by atoms with van der Waals surface area (Å²) < 4.78 is 24.3. The summed E-state index contributed by atoms with van der Waals surface area (Å²) in [4.78, 5) is 2.05. The summed E-state index contributed by atoms with van der Waals surface area (Å²) in [6, 6.07) is 17.7. The van der Waals surface area contributed by atoms with Crippen LogP contribution in [0.15, 0.2) is 73.8 Å². The molecule has 4 nitrogen and oxygen atoms in total. The molecule has 0 spiro atoms. The minimum atomic E-state index is -3.45. The van der Waals surface area contributed by atoms with Gasteiger partial charge in [-0.15, -0.1) is 6.58 Å². The lowest BCUT2D eigenvalue weighted by molar-refractivity contribution is 0.195. The molecule has 138 valence electrons. The Kier molecular flexibility index (Phi) is 7.55. The van der Waals surface area contributed by atoms with Gasteiger partial charge in [-0.2, -0.15) is 0 Å². The van der Waals surface area contributed by atoms with Crippen molar-refractivity contribution in [3.05, 3.63) is 90.5 Å². The van der Waals surface area contributed by atoms with Gasteiger partial charge in [-0.25, -0.2) is 0 Å². The van der Waals surface area contributed by atoms with Crippen LogP contribution < -0.4 is 0 Å². The fraction of sp³-hybridized carbons (Fsp3) is 0.238. The zero-order valence-electron chi connectivity index (χ0n) is 15.4. The molecule has 2 aromatic carbocycles. The minimum absolute atomic E-state index is 0.530. The zero-order chi connectivity index (χ0) is 19.0. The van der Waals surface area contributed by atoms with Crippen LogP contribution >= 0.6 is 7.60 Å². The maximum atomic E-state index is 13.5. The fourth-order valence-electron chi connectivity index (χ4n) is 3.01. The lowest BCUT2D eigenvalue weighted by Crippen LogP contribution is -2.30. The van der Waals surface area contributed by atoms with Crippen molar-refractivity contribution < 1.29 is 13.6 Å². The molecule has 0 aliphatic heterocycles. The summed E-state index contributed by atoms with van der Waals surface area (Å²) in [7, 11) is -0.608. The van der Waals surface area contributed by atoms with Crippen molar-refractivity contribution in [3.8, 4) is 0 Å². The number of benzene rings is 2. The molecule has 0 saturated carbocycles. The van der Waals surface area contributed by atoms with Crippen molar-refractivity contribution in [3.63, 3.8) is 0 Å². The molecule has 0 amide bonds. The molecular formula is C21H26NO3P. The van der Waals surface area contributed by atoms with E-state index in [2.05, 4.69) is 18.1 Å². The first kappa shape index (κ1) is 20.3. The van der Waals surface area contributed by atoms with Crippen LogP contribution in [-0.4, -0.2) is 25.7 Å². The lowest BCUT2D eigenvalue weighted by Gasteiger charge is -2.35. The van der Waals surface area contributed by atoms with Gasteiger partial charge in [0.05, 0.1) is 0 Å². The normalized spacial score (nSPS) is 12.7. The first-order chi connectivity index (χ1) is 12.6. The van der Waals surface area contributed by atoms with Gasteiger partial charge in [0.15, 0.2) is 0 Å². The van der Waals surface area contributed by atoms with E-state index in [4.69, 9.17) is 9.05 Å². The molecule has 0 saturated heterocycles. The van der Waals surface area contributed by atoms with Gasteiger partial charge >= 0.3 is 7.60 Å². The topological polar surface area (TPSA) is 38.8 Å². The molecule has 1 atom stereocenters. The monoisotopic (exact) mass is 371 g/mol. The highest BCUT2D eigenvalue weighted by Gasteiger charge is 2.40. The first-order valence-electron chi connectivity index (χ1n) is 8.41. The summed E-state index contributed by atoms with van der Waals surface area (Å²) in [5.41, 5.74) is 2.86. The van der Waals surface area contributed by atoms with Gasteiger partial charge in [0.25, 0.3) is 0 Å². The Morgan fingerprint density at radius 3 is 2.23 bits per heavy atom. The fourth-order valence-corrected chi connectivity index (χ4v) is 4.71. The third-order valence-corrected chi connectivity index (χ3v) is 6.46. The third-order valence-electron chi connectivity index (χ3n) is 4.24. The van der Waals surface area contributed by atoms with Gasteiger partial charge in [0, 0.05) is 27.3 Å². The Hall–Kier alpha value is -1.97. The molecule has 0 N–H and O–H groups in total. The highest BCUT2D eigenvalue weighted by molar-refractivity contribution is 7.54. The first-order valence-corrected chi connectivity index (χ1v) is 10.0. The molecule has 0 radical (unpaired) electrons. The predicted molar refractivity (Wildman–Crippen MR) is 108 cm³/mol. The maximum absolute atomic E-state index is 13.5. The second-order valence-corrected chi connectivity index (χ2v) is 8.11. The molecule has 2 rings (SSSR count). The van der Waals surface area contributed by atoms with Gasteiger partial charge in [0.1, 0.15) is 5.78 Å². The summed E-state index contributed by atoms with van der Waals surface area (Å²) in [6.45, 7) is 8.86. The summed E-state index contributed by atoms with van der Waals surface area (Å²) in [5.74, 6) is -0.579. The van der Waals surface area contributed by atoms with Crippen molar-refractivity contribution in [2.75, 3.05) is 20.8 Å². The van der Waals surface area contributed by atoms with Gasteiger partial charge < -0.3 is 9.05 Å². The average molecular weight is 371 g/mol. The standard InChI is InChI=1S/C21H26NO3P/c1-5-16-22(17-18-12-8-7-9-13-18)21(26(23,24-3)25-4)20-15-11-10-14-19(20)6-2/h5-15,21H,1-2,16-17H2,3-4H3. The minimum Gasteiger partial charge on any atom is -0.311 e. The molecule has 1 unspecified atom stereocenters. The van der Waals surface area contributed by atoms with Crippen molar-refractivity contribution in [1.29, 1.82) is 0 Å². The van der Waals surface area contributed by atoms with E-state index < -0.39 is 13.4 Å². The maximum Gasteiger partial charge on any atom is 0.351 e. The Balaban J connectivity index is 2.57. The van der Waals surface area contributed by atoms with Gasteiger partial charge in [-0.3, -0.25) is 9.46 Å². The molecule has 0 aromatic heterocycles. The van der Waals surface area contributed by atoms with E-state index in [0.29, 0.717) is 13.1 Å². The lowest BCUT2D eigenvalue weighted by atomic mass is 10.1. The van der Waals surface area contributed by atoms with Crippen molar-refractivity contribution in [2.24, 2.45) is 0 Å². The van der Waals surface area contributed by atoms with E-state index in [1.165, 1.54) is 14.2 Å². The Morgan fingerprint density at radius 1 is 1.04 bits per heavy atom. The van der Waals surface area contributed by atoms with Crippen LogP contribution in [0, 0.1) is 0 Å². The summed E-state index contributed by atoms with van der Waals surface area (Å²) in [5, 5.41) is 0. The second kappa shape index (κ2) is 9.65. The van der Waals surface area contributed by atoms with Crippen LogP contribution in [0.4, 0.5) is 0 Å². The highest BCUT2D eigenvalue weighted by Crippen LogP contribution is 2.62. The van der Waals surface area contributed by atoms with Crippen molar-refractivity contribution in [1.82, 2.24) is 4.90 Å². The smallest absolute Gasteiger partial charge is 0.311 e. The van der Waals surface area contributed by atoms with E-state index >= 15 is 0 Å². The van der Waals surface area contributed by atoms with Crippen LogP contribution in [0.25, 0.3) is 6.08 Å². The number of hydrogen-bond acceptors (Lipinski definition) is 4. The zero-order valence-corrected chi connectivity index (χ0v) is 16.3. The Labute approximate surface area is 156 Å². The van der Waals surface area contributed by atoms with Crippen LogP contribution in [-0.2, 0) is 20.2 Å². The van der Waals surface area contributed by atoms with Gasteiger partial charge in [-0.05, 0) is 16.7 Å². The third kappa shape index (κ3) is 4.60. The number of hydrogen-bond donors (Lipinski definition) is 0. The molecule has 0 bridgehead atoms. The highest BCUT2D eigenvalue weighted by atomic mass is 31.2. The average Bonchev–Trinajstić information content (AvgIpc) is 2.69. The van der Waals surface area contributed by atoms with Crippen molar-refractivity contribution >= 4 is 13.7 Å². The number of rotatable bonds is 10. The van der Waals surface area contributed by atoms with Crippen LogP contribution in [0.1, 0.15) is 22.5 Å². The van der Waals surface area contributed by atoms with Gasteiger partial charge in [0.2, 0.25) is 0 Å².